The molecule has 152 valence electrons. The summed E-state index contributed by atoms with van der Waals surface area (Å²) in [7, 11) is 3.13. The highest BCUT2D eigenvalue weighted by Gasteiger charge is 2.28. The average molecular weight is 395 g/mol. The van der Waals surface area contributed by atoms with Crippen molar-refractivity contribution in [3.8, 4) is 11.5 Å². The third-order valence-corrected chi connectivity index (χ3v) is 4.86. The Labute approximate surface area is 170 Å². The number of methoxy groups -OCH3 is 2. The van der Waals surface area contributed by atoms with E-state index < -0.39 is 0 Å². The molecular formula is C22H25N3O4. The minimum absolute atomic E-state index is 0.106. The van der Waals surface area contributed by atoms with Crippen molar-refractivity contribution in [2.24, 2.45) is 5.10 Å². The van der Waals surface area contributed by atoms with Crippen molar-refractivity contribution in [1.82, 2.24) is 5.01 Å². The first-order valence-electron chi connectivity index (χ1n) is 9.53. The maximum Gasteiger partial charge on any atom is 0.248 e. The first-order chi connectivity index (χ1) is 14.1. The van der Waals surface area contributed by atoms with Crippen molar-refractivity contribution in [2.75, 3.05) is 26.1 Å². The highest BCUT2D eigenvalue weighted by atomic mass is 16.5. The van der Waals surface area contributed by atoms with Gasteiger partial charge in [-0.25, -0.2) is 0 Å². The number of anilines is 1. The Kier molecular flexibility index (Phi) is 6.84. The molecule has 1 heterocycles. The van der Waals surface area contributed by atoms with E-state index in [2.05, 4.69) is 10.4 Å². The van der Waals surface area contributed by atoms with Crippen LogP contribution in [0.4, 0.5) is 5.69 Å². The molecule has 1 fully saturated rings. The van der Waals surface area contributed by atoms with E-state index in [0.717, 1.165) is 31.1 Å². The molecule has 1 unspecified atom stereocenters. The molecule has 0 bridgehead atoms. The Balaban J connectivity index is 1.70. The Morgan fingerprint density at radius 2 is 1.79 bits per heavy atom. The van der Waals surface area contributed by atoms with Gasteiger partial charge in [-0.05, 0) is 37.0 Å². The third kappa shape index (κ3) is 5.13. The van der Waals surface area contributed by atoms with Crippen LogP contribution in [0.15, 0.2) is 47.6 Å². The molecule has 3 rings (SSSR count). The van der Waals surface area contributed by atoms with Gasteiger partial charge in [0.2, 0.25) is 5.91 Å². The second kappa shape index (κ2) is 9.73. The summed E-state index contributed by atoms with van der Waals surface area (Å²) < 4.78 is 10.5. The third-order valence-electron chi connectivity index (χ3n) is 4.86. The number of hydrogen-bond donors (Lipinski definition) is 1. The molecule has 0 radical (unpaired) electrons. The number of hydrazone groups is 1. The van der Waals surface area contributed by atoms with Gasteiger partial charge in [-0.2, -0.15) is 5.10 Å². The molecule has 2 aromatic rings. The van der Waals surface area contributed by atoms with Crippen molar-refractivity contribution in [2.45, 2.75) is 25.3 Å². The highest BCUT2D eigenvalue weighted by Crippen LogP contribution is 2.30. The summed E-state index contributed by atoms with van der Waals surface area (Å²) in [6, 6.07) is 12.1. The highest BCUT2D eigenvalue weighted by molar-refractivity contribution is 5.95. The lowest BCUT2D eigenvalue weighted by atomic mass is 10.0. The molecule has 1 saturated heterocycles. The lowest BCUT2D eigenvalue weighted by molar-refractivity contribution is -0.122. The van der Waals surface area contributed by atoms with E-state index in [9.17, 15) is 9.59 Å². The van der Waals surface area contributed by atoms with Crippen LogP contribution >= 0.6 is 0 Å². The molecule has 2 aromatic carbocycles. The number of amides is 1. The number of benzene rings is 2. The maximum absolute atomic E-state index is 12.9. The molecule has 1 N–H and O–H groups in total. The Morgan fingerprint density at radius 3 is 2.48 bits per heavy atom. The maximum atomic E-state index is 12.9. The molecule has 0 aromatic heterocycles. The minimum atomic E-state index is -0.345. The van der Waals surface area contributed by atoms with Gasteiger partial charge < -0.3 is 14.8 Å². The average Bonchev–Trinajstić information content (AvgIpc) is 2.78. The Morgan fingerprint density at radius 1 is 1.07 bits per heavy atom. The number of nitrogens with one attached hydrogen (secondary N) is 1. The van der Waals surface area contributed by atoms with E-state index in [-0.39, 0.29) is 11.9 Å². The zero-order chi connectivity index (χ0) is 20.6. The van der Waals surface area contributed by atoms with Gasteiger partial charge in [-0.15, -0.1) is 0 Å². The topological polar surface area (TPSA) is 80.2 Å². The molecule has 7 nitrogen and oxygen atoms in total. The molecule has 29 heavy (non-hydrogen) atoms. The zero-order valence-corrected chi connectivity index (χ0v) is 16.6. The fourth-order valence-corrected chi connectivity index (χ4v) is 3.26. The molecule has 7 heteroatoms. The normalized spacial score (nSPS) is 16.5. The van der Waals surface area contributed by atoms with Gasteiger partial charge in [0.25, 0.3) is 0 Å². The minimum Gasteiger partial charge on any atom is -0.493 e. The van der Waals surface area contributed by atoms with E-state index in [1.54, 1.807) is 50.8 Å². The number of rotatable bonds is 7. The van der Waals surface area contributed by atoms with Gasteiger partial charge in [0.15, 0.2) is 11.5 Å². The van der Waals surface area contributed by atoms with E-state index in [1.807, 2.05) is 17.1 Å². The van der Waals surface area contributed by atoms with E-state index in [0.29, 0.717) is 29.3 Å². The van der Waals surface area contributed by atoms with Crippen LogP contribution in [0.1, 0.15) is 35.2 Å². The summed E-state index contributed by atoms with van der Waals surface area (Å²) in [6.07, 6.45) is 5.23. The molecule has 1 aliphatic heterocycles. The van der Waals surface area contributed by atoms with Crippen LogP contribution < -0.4 is 14.8 Å². The summed E-state index contributed by atoms with van der Waals surface area (Å²) >= 11 is 0. The second-order valence-electron chi connectivity index (χ2n) is 6.76. The smallest absolute Gasteiger partial charge is 0.248 e. The summed E-state index contributed by atoms with van der Waals surface area (Å²) in [4.78, 5) is 23.7. The fourth-order valence-electron chi connectivity index (χ4n) is 3.26. The van der Waals surface area contributed by atoms with Gasteiger partial charge in [-0.3, -0.25) is 14.6 Å². The molecule has 0 aliphatic carbocycles. The van der Waals surface area contributed by atoms with E-state index in [1.165, 1.54) is 0 Å². The Hall–Kier alpha value is -3.35. The van der Waals surface area contributed by atoms with Crippen molar-refractivity contribution in [3.05, 3.63) is 53.6 Å². The number of carbonyl (C=O) groups is 2. The molecule has 0 spiro atoms. The predicted octanol–water partition coefficient (Wildman–Crippen LogP) is 3.34. The first kappa shape index (κ1) is 20.4. The predicted molar refractivity (Wildman–Crippen MR) is 112 cm³/mol. The number of ether oxygens (including phenoxy) is 2. The summed E-state index contributed by atoms with van der Waals surface area (Å²) in [6.45, 7) is 0.715. The monoisotopic (exact) mass is 395 g/mol. The number of nitrogens with zero attached hydrogens (tertiary/aromatic N) is 2. The molecule has 1 aliphatic rings. The number of piperidine rings is 1. The van der Waals surface area contributed by atoms with Crippen LogP contribution in [0.5, 0.6) is 11.5 Å². The van der Waals surface area contributed by atoms with Gasteiger partial charge in [0.05, 0.1) is 20.4 Å². The lowest BCUT2D eigenvalue weighted by Gasteiger charge is -2.32. The van der Waals surface area contributed by atoms with Crippen LogP contribution in [0.3, 0.4) is 0 Å². The van der Waals surface area contributed by atoms with Crippen LogP contribution in [0, 0.1) is 0 Å². The van der Waals surface area contributed by atoms with Crippen LogP contribution in [-0.4, -0.2) is 50.2 Å². The summed E-state index contributed by atoms with van der Waals surface area (Å²) in [5, 5.41) is 9.31. The summed E-state index contributed by atoms with van der Waals surface area (Å²) in [5.74, 6) is 1.06. The second-order valence-corrected chi connectivity index (χ2v) is 6.76. The Bertz CT molecular complexity index is 880. The number of hydrogen-bond acceptors (Lipinski definition) is 6. The van der Waals surface area contributed by atoms with Crippen molar-refractivity contribution in [1.29, 1.82) is 0 Å². The van der Waals surface area contributed by atoms with Crippen LogP contribution in [0.2, 0.25) is 0 Å². The fraction of sp³-hybridized carbons (Fsp3) is 0.318. The summed E-state index contributed by atoms with van der Waals surface area (Å²) in [5.41, 5.74) is 2.14. The largest absolute Gasteiger partial charge is 0.493 e. The van der Waals surface area contributed by atoms with Gasteiger partial charge in [-0.1, -0.05) is 24.3 Å². The van der Waals surface area contributed by atoms with Gasteiger partial charge in [0, 0.05) is 23.9 Å². The number of carbonyl (C=O) groups excluding carboxylic acids is 2. The van der Waals surface area contributed by atoms with Crippen molar-refractivity contribution in [3.63, 3.8) is 0 Å². The standard InChI is InChI=1S/C22H25N3O4/c1-28-20-11-10-18(13-21(20)29-2)24-22(27)19-5-3-4-12-25(19)23-14-16-6-8-17(15-26)9-7-16/h6-11,13-15,19H,3-5,12H2,1-2H3,(H,24,27)/b23-14+. The van der Waals surface area contributed by atoms with Crippen molar-refractivity contribution >= 4 is 24.1 Å². The SMILES string of the molecule is COc1ccc(NC(=O)C2CCCCN2/N=C/c2ccc(C=O)cc2)cc1OC. The quantitative estimate of drug-likeness (QED) is 0.574. The molecule has 0 saturated carbocycles. The van der Waals surface area contributed by atoms with Crippen LogP contribution in [0.25, 0.3) is 0 Å². The molecule has 1 atom stereocenters. The van der Waals surface area contributed by atoms with Gasteiger partial charge in [0.1, 0.15) is 12.3 Å². The molecular weight excluding hydrogens is 370 g/mol. The molecule has 1 amide bonds. The number of aldehydes is 1. The zero-order valence-electron chi connectivity index (χ0n) is 16.6. The van der Waals surface area contributed by atoms with Crippen LogP contribution in [-0.2, 0) is 4.79 Å². The first-order valence-corrected chi connectivity index (χ1v) is 9.53. The van der Waals surface area contributed by atoms with Gasteiger partial charge >= 0.3 is 0 Å². The van der Waals surface area contributed by atoms with Crippen molar-refractivity contribution < 1.29 is 19.1 Å². The van der Waals surface area contributed by atoms with E-state index in [4.69, 9.17) is 9.47 Å². The van der Waals surface area contributed by atoms with E-state index >= 15 is 0 Å². The lowest BCUT2D eigenvalue weighted by Crippen LogP contribution is -2.44.